The first-order chi connectivity index (χ1) is 16.3. The first-order valence-corrected chi connectivity index (χ1v) is 11.4. The number of aryl methyl sites for hydroxylation is 1. The molecule has 0 spiro atoms. The molecule has 2 aromatic rings. The number of amides is 1. The summed E-state index contributed by atoms with van der Waals surface area (Å²) in [4.78, 5) is 27.7. The van der Waals surface area contributed by atoms with E-state index in [4.69, 9.17) is 14.2 Å². The van der Waals surface area contributed by atoms with Crippen LogP contribution in [-0.4, -0.2) is 55.7 Å². The van der Waals surface area contributed by atoms with Crippen LogP contribution < -0.4 is 9.47 Å². The second-order valence-corrected chi connectivity index (χ2v) is 8.76. The molecule has 1 unspecified atom stereocenters. The summed E-state index contributed by atoms with van der Waals surface area (Å²) in [6, 6.07) is 11.8. The number of carbonyl (C=O) groups excluding carboxylic acids is 2. The van der Waals surface area contributed by atoms with Gasteiger partial charge in [0.05, 0.1) is 25.3 Å². The Morgan fingerprint density at radius 1 is 1.12 bits per heavy atom. The third-order valence-corrected chi connectivity index (χ3v) is 5.76. The van der Waals surface area contributed by atoms with Crippen molar-refractivity contribution in [1.29, 1.82) is 0 Å². The highest BCUT2D eigenvalue weighted by Gasteiger charge is 2.46. The molecule has 1 N–H and O–H groups in total. The number of ketones is 1. The van der Waals surface area contributed by atoms with Gasteiger partial charge in [-0.3, -0.25) is 9.59 Å². The van der Waals surface area contributed by atoms with Gasteiger partial charge in [0.15, 0.2) is 0 Å². The van der Waals surface area contributed by atoms with Crippen LogP contribution in [0.5, 0.6) is 11.5 Å². The van der Waals surface area contributed by atoms with Crippen molar-refractivity contribution >= 4 is 17.4 Å². The zero-order valence-corrected chi connectivity index (χ0v) is 20.5. The molecule has 1 heterocycles. The van der Waals surface area contributed by atoms with Crippen LogP contribution in [0, 0.1) is 12.8 Å². The lowest BCUT2D eigenvalue weighted by molar-refractivity contribution is -0.140. The Balaban J connectivity index is 2.10. The normalized spacial score (nSPS) is 17.5. The van der Waals surface area contributed by atoms with E-state index >= 15 is 0 Å². The first-order valence-electron chi connectivity index (χ1n) is 11.4. The third kappa shape index (κ3) is 5.25. The van der Waals surface area contributed by atoms with E-state index in [9.17, 15) is 14.7 Å². The van der Waals surface area contributed by atoms with Gasteiger partial charge >= 0.3 is 0 Å². The van der Waals surface area contributed by atoms with E-state index in [1.54, 1.807) is 25.3 Å². The van der Waals surface area contributed by atoms with Gasteiger partial charge in [0, 0.05) is 31.4 Å². The van der Waals surface area contributed by atoms with E-state index in [0.717, 1.165) is 5.56 Å². The Kier molecular flexibility index (Phi) is 8.34. The standard InChI is InChI=1S/C27H33NO6/c1-17(2)16-34-19-11-12-20(18(3)15-19)25(29)23-24(21-9-6-7-10-22(21)33-5)28(13-8-14-32-4)27(31)26(23)30/h6-7,9-12,15,17,24,29H,8,13-14,16H2,1-5H3/b25-23+. The second kappa shape index (κ2) is 11.2. The molecule has 3 rings (SSSR count). The molecule has 34 heavy (non-hydrogen) atoms. The van der Waals surface area contributed by atoms with Crippen LogP contribution in [0.25, 0.3) is 5.76 Å². The van der Waals surface area contributed by atoms with E-state index in [-0.39, 0.29) is 11.3 Å². The largest absolute Gasteiger partial charge is 0.507 e. The van der Waals surface area contributed by atoms with Crippen LogP contribution in [0.15, 0.2) is 48.0 Å². The lowest BCUT2D eigenvalue weighted by Gasteiger charge is -2.26. The summed E-state index contributed by atoms with van der Waals surface area (Å²) in [5.74, 6) is 0.0171. The molecule has 1 saturated heterocycles. The van der Waals surface area contributed by atoms with Crippen LogP contribution in [-0.2, 0) is 14.3 Å². The predicted octanol–water partition coefficient (Wildman–Crippen LogP) is 4.50. The Labute approximate surface area is 200 Å². The monoisotopic (exact) mass is 467 g/mol. The minimum atomic E-state index is -0.774. The number of carbonyl (C=O) groups is 2. The fraction of sp³-hybridized carbons (Fsp3) is 0.407. The number of likely N-dealkylation sites (tertiary alicyclic amines) is 1. The van der Waals surface area contributed by atoms with Crippen LogP contribution in [0.3, 0.4) is 0 Å². The van der Waals surface area contributed by atoms with Gasteiger partial charge < -0.3 is 24.2 Å². The van der Waals surface area contributed by atoms with E-state index in [1.165, 1.54) is 12.0 Å². The number of para-hydroxylation sites is 1. The van der Waals surface area contributed by atoms with Gasteiger partial charge in [-0.25, -0.2) is 0 Å². The van der Waals surface area contributed by atoms with E-state index in [2.05, 4.69) is 13.8 Å². The summed E-state index contributed by atoms with van der Waals surface area (Å²) in [7, 11) is 3.12. The predicted molar refractivity (Wildman–Crippen MR) is 130 cm³/mol. The summed E-state index contributed by atoms with van der Waals surface area (Å²) < 4.78 is 16.4. The summed E-state index contributed by atoms with van der Waals surface area (Å²) in [6.07, 6.45) is 0.552. The van der Waals surface area contributed by atoms with E-state index in [0.29, 0.717) is 54.7 Å². The molecule has 1 amide bonds. The van der Waals surface area contributed by atoms with E-state index in [1.807, 2.05) is 31.2 Å². The minimum Gasteiger partial charge on any atom is -0.507 e. The number of ether oxygens (including phenoxy) is 3. The van der Waals surface area contributed by atoms with Crippen molar-refractivity contribution in [2.75, 3.05) is 34.0 Å². The molecule has 0 saturated carbocycles. The molecule has 1 aliphatic rings. The Morgan fingerprint density at radius 3 is 2.50 bits per heavy atom. The highest BCUT2D eigenvalue weighted by Crippen LogP contribution is 2.43. The quantitative estimate of drug-likeness (QED) is 0.240. The van der Waals surface area contributed by atoms with Crippen molar-refractivity contribution in [1.82, 2.24) is 4.90 Å². The molecule has 1 aliphatic heterocycles. The maximum atomic E-state index is 13.2. The van der Waals surface area contributed by atoms with Crippen molar-refractivity contribution in [3.63, 3.8) is 0 Å². The maximum absolute atomic E-state index is 13.2. The maximum Gasteiger partial charge on any atom is 0.295 e. The molecule has 7 heteroatoms. The zero-order valence-electron chi connectivity index (χ0n) is 20.5. The van der Waals surface area contributed by atoms with Crippen LogP contribution in [0.2, 0.25) is 0 Å². The average Bonchev–Trinajstić information content (AvgIpc) is 3.07. The summed E-state index contributed by atoms with van der Waals surface area (Å²) in [5, 5.41) is 11.4. The number of nitrogens with zero attached hydrogens (tertiary/aromatic N) is 1. The topological polar surface area (TPSA) is 85.3 Å². The number of aliphatic hydroxyl groups excluding tert-OH is 1. The number of rotatable bonds is 10. The van der Waals surface area contributed by atoms with Crippen LogP contribution in [0.1, 0.15) is 43.0 Å². The van der Waals surface area contributed by atoms with Crippen LogP contribution >= 0.6 is 0 Å². The highest BCUT2D eigenvalue weighted by molar-refractivity contribution is 6.46. The number of methoxy groups -OCH3 is 2. The van der Waals surface area contributed by atoms with Gasteiger partial charge in [0.1, 0.15) is 17.3 Å². The van der Waals surface area contributed by atoms with Crippen molar-refractivity contribution in [2.45, 2.75) is 33.2 Å². The molecule has 2 aromatic carbocycles. The van der Waals surface area contributed by atoms with E-state index < -0.39 is 17.7 Å². The molecule has 1 fully saturated rings. The number of aliphatic hydroxyl groups is 1. The molecule has 0 aliphatic carbocycles. The van der Waals surface area contributed by atoms with Gasteiger partial charge in [0.2, 0.25) is 0 Å². The van der Waals surface area contributed by atoms with Crippen molar-refractivity contribution < 1.29 is 28.9 Å². The minimum absolute atomic E-state index is 0.0471. The first kappa shape index (κ1) is 25.3. The average molecular weight is 468 g/mol. The smallest absolute Gasteiger partial charge is 0.295 e. The number of hydrogen-bond donors (Lipinski definition) is 1. The summed E-state index contributed by atoms with van der Waals surface area (Å²) >= 11 is 0. The van der Waals surface area contributed by atoms with Gasteiger partial charge in [-0.05, 0) is 49.1 Å². The third-order valence-electron chi connectivity index (χ3n) is 5.76. The van der Waals surface area contributed by atoms with Crippen molar-refractivity contribution in [3.05, 3.63) is 64.7 Å². The van der Waals surface area contributed by atoms with Gasteiger partial charge in [-0.15, -0.1) is 0 Å². The second-order valence-electron chi connectivity index (χ2n) is 8.76. The Morgan fingerprint density at radius 2 is 1.85 bits per heavy atom. The van der Waals surface area contributed by atoms with Gasteiger partial charge in [0.25, 0.3) is 11.7 Å². The van der Waals surface area contributed by atoms with Gasteiger partial charge in [-0.2, -0.15) is 0 Å². The summed E-state index contributed by atoms with van der Waals surface area (Å²) in [5.41, 5.74) is 1.90. The number of hydrogen-bond acceptors (Lipinski definition) is 6. The number of benzene rings is 2. The fourth-order valence-electron chi connectivity index (χ4n) is 4.11. The fourth-order valence-corrected chi connectivity index (χ4v) is 4.11. The molecule has 7 nitrogen and oxygen atoms in total. The highest BCUT2D eigenvalue weighted by atomic mass is 16.5. The number of Topliss-reactive ketones (excluding diaryl/α,β-unsaturated/α-hetero) is 1. The zero-order chi connectivity index (χ0) is 24.8. The molecular formula is C27H33NO6. The molecule has 0 aromatic heterocycles. The van der Waals surface area contributed by atoms with Crippen molar-refractivity contribution in [3.8, 4) is 11.5 Å². The van der Waals surface area contributed by atoms with Gasteiger partial charge in [-0.1, -0.05) is 32.0 Å². The molecule has 182 valence electrons. The molecule has 0 bridgehead atoms. The SMILES string of the molecule is COCCCN1C(=O)C(=O)/C(=C(/O)c2ccc(OCC(C)C)cc2C)C1c1ccccc1OC. The summed E-state index contributed by atoms with van der Waals surface area (Å²) in [6.45, 7) is 7.29. The Hall–Kier alpha value is -3.32. The Bertz CT molecular complexity index is 1070. The molecule has 0 radical (unpaired) electrons. The molecular weight excluding hydrogens is 434 g/mol. The van der Waals surface area contributed by atoms with Crippen molar-refractivity contribution in [2.24, 2.45) is 5.92 Å². The lowest BCUT2D eigenvalue weighted by Crippen LogP contribution is -2.31. The molecule has 1 atom stereocenters. The lowest BCUT2D eigenvalue weighted by atomic mass is 9.93. The van der Waals surface area contributed by atoms with Crippen LogP contribution in [0.4, 0.5) is 0 Å².